The van der Waals surface area contributed by atoms with E-state index in [0.29, 0.717) is 24.7 Å². The number of carbonyl (C=O) groups is 4. The van der Waals surface area contributed by atoms with Gasteiger partial charge in [-0.25, -0.2) is 9.78 Å². The Morgan fingerprint density at radius 2 is 1.62 bits per heavy atom. The number of nitrogens with one attached hydrogen (secondary N) is 2. The van der Waals surface area contributed by atoms with E-state index in [9.17, 15) is 28.0 Å². The van der Waals surface area contributed by atoms with Crippen LogP contribution in [0.1, 0.15) is 89.1 Å². The highest BCUT2D eigenvalue weighted by molar-refractivity contribution is 6.04. The van der Waals surface area contributed by atoms with Crippen LogP contribution in [-0.2, 0) is 28.6 Å². The van der Waals surface area contributed by atoms with Crippen LogP contribution in [0.15, 0.2) is 78.1 Å². The quantitative estimate of drug-likeness (QED) is 0.112. The number of amides is 3. The van der Waals surface area contributed by atoms with E-state index < -0.39 is 30.6 Å². The van der Waals surface area contributed by atoms with Gasteiger partial charge in [0, 0.05) is 36.5 Å². The topological polar surface area (TPSA) is 156 Å². The third-order valence-corrected chi connectivity index (χ3v) is 14.4. The number of likely N-dealkylation sites (tertiary alicyclic amines) is 2. The number of methoxy groups -OCH3 is 2. The number of ether oxygens (including phenoxy) is 3. The molecule has 0 radical (unpaired) electrons. The lowest BCUT2D eigenvalue weighted by atomic mass is 9.89. The molecule has 2 saturated heterocycles. The summed E-state index contributed by atoms with van der Waals surface area (Å²) in [5.41, 5.74) is 7.13. The van der Waals surface area contributed by atoms with Crippen molar-refractivity contribution in [3.8, 4) is 22.4 Å². The molecule has 9 rings (SSSR count). The summed E-state index contributed by atoms with van der Waals surface area (Å²) in [5.74, 6) is -0.863. The second kappa shape index (κ2) is 18.1. The number of hydrogen-bond acceptors (Lipinski definition) is 9. The van der Waals surface area contributed by atoms with E-state index in [4.69, 9.17) is 19.5 Å². The van der Waals surface area contributed by atoms with Crippen molar-refractivity contribution in [2.24, 2.45) is 28.2 Å². The predicted octanol–water partition coefficient (Wildman–Crippen LogP) is 8.70. The molecule has 342 valence electrons. The first-order chi connectivity index (χ1) is 31.3. The van der Waals surface area contributed by atoms with Crippen molar-refractivity contribution in [3.05, 3.63) is 84.4 Å². The van der Waals surface area contributed by atoms with Crippen molar-refractivity contribution in [2.75, 3.05) is 27.4 Å². The first-order valence-electron chi connectivity index (χ1n) is 22.7. The van der Waals surface area contributed by atoms with E-state index >= 15 is 0 Å². The van der Waals surface area contributed by atoms with Crippen LogP contribution in [0.25, 0.3) is 38.7 Å². The first-order valence-corrected chi connectivity index (χ1v) is 22.7. The van der Waals surface area contributed by atoms with Crippen molar-refractivity contribution < 1.29 is 42.2 Å². The molecular formula is C50H56F2N6O7. The van der Waals surface area contributed by atoms with Gasteiger partial charge in [-0.1, -0.05) is 62.4 Å². The Balaban J connectivity index is 0.861. The molecule has 65 heavy (non-hydrogen) atoms. The molecule has 3 aliphatic heterocycles. The summed E-state index contributed by atoms with van der Waals surface area (Å²) in [6, 6.07) is 20.2. The number of aromatic nitrogens is 2. The number of nitrogens with zero attached hydrogens (tertiary/aromatic N) is 4. The number of halogens is 2. The number of aliphatic imine (C=N–C) groups is 1. The van der Waals surface area contributed by atoms with Gasteiger partial charge in [-0.05, 0) is 107 Å². The number of carbonyl (C=O) groups excluding carboxylic acids is 4. The largest absolute Gasteiger partial charge is 0.469 e. The average Bonchev–Trinajstić information content (AvgIpc) is 3.94. The Kier molecular flexibility index (Phi) is 12.3. The minimum Gasteiger partial charge on any atom is -0.469 e. The second-order valence-electron chi connectivity index (χ2n) is 18.8. The summed E-state index contributed by atoms with van der Waals surface area (Å²) < 4.78 is 39.7. The maximum absolute atomic E-state index is 14.0. The average molecular weight is 891 g/mol. The Bertz CT molecular complexity index is 2530. The van der Waals surface area contributed by atoms with Crippen LogP contribution in [0, 0.1) is 23.2 Å². The summed E-state index contributed by atoms with van der Waals surface area (Å²) in [7, 11) is 2.55. The zero-order chi connectivity index (χ0) is 45.6. The van der Waals surface area contributed by atoms with Crippen molar-refractivity contribution >= 4 is 45.9 Å². The molecular weight excluding hydrogens is 835 g/mol. The lowest BCUT2D eigenvalue weighted by molar-refractivity contribution is -0.151. The van der Waals surface area contributed by atoms with E-state index in [0.717, 1.165) is 88.5 Å². The highest BCUT2D eigenvalue weighted by Gasteiger charge is 2.55. The minimum absolute atomic E-state index is 0.000492. The number of hydrogen-bond donors (Lipinski definition) is 2. The van der Waals surface area contributed by atoms with Crippen LogP contribution in [0.2, 0.25) is 0 Å². The molecule has 2 N–H and O–H groups in total. The molecule has 2 saturated carbocycles. The maximum atomic E-state index is 14.0. The zero-order valence-electron chi connectivity index (χ0n) is 37.2. The summed E-state index contributed by atoms with van der Waals surface area (Å²) >= 11 is 0. The highest BCUT2D eigenvalue weighted by atomic mass is 19.3. The van der Waals surface area contributed by atoms with E-state index in [1.54, 1.807) is 11.1 Å². The highest BCUT2D eigenvalue weighted by Crippen LogP contribution is 2.58. The number of esters is 1. The molecule has 4 fully saturated rings. The predicted molar refractivity (Wildman–Crippen MR) is 240 cm³/mol. The van der Waals surface area contributed by atoms with Crippen molar-refractivity contribution in [1.29, 1.82) is 0 Å². The van der Waals surface area contributed by atoms with E-state index in [1.165, 1.54) is 14.2 Å². The molecule has 0 unspecified atom stereocenters. The summed E-state index contributed by atoms with van der Waals surface area (Å²) in [6.45, 7) is 1.08. The van der Waals surface area contributed by atoms with E-state index in [-0.39, 0.29) is 60.7 Å². The summed E-state index contributed by atoms with van der Waals surface area (Å²) in [4.78, 5) is 69.3. The van der Waals surface area contributed by atoms with Gasteiger partial charge in [0.2, 0.25) is 11.8 Å². The van der Waals surface area contributed by atoms with Gasteiger partial charge in [-0.2, -0.15) is 8.78 Å². The van der Waals surface area contributed by atoms with Crippen LogP contribution in [-0.4, -0.2) is 101 Å². The Morgan fingerprint density at radius 3 is 2.31 bits per heavy atom. The summed E-state index contributed by atoms with van der Waals surface area (Å²) in [5, 5.41) is 4.91. The van der Waals surface area contributed by atoms with Crippen molar-refractivity contribution in [1.82, 2.24) is 25.1 Å². The Hall–Kier alpha value is -5.96. The van der Waals surface area contributed by atoms with Gasteiger partial charge in [0.15, 0.2) is 0 Å². The van der Waals surface area contributed by atoms with Gasteiger partial charge in [-0.15, -0.1) is 0 Å². The standard InChI is InChI=1S/C50H56F2N6O7/c1-28(2)43(56-49(62)64-4)47(61)58-38-14-13-35(21-38)44(58)39-22-37(25-53-39)30-7-5-29(6-8-30)31-9-10-33-20-34(12-11-32(33)19-31)40-26-54-45(55-40)41-24-50(16-17-50)27-57(41)46(60)36(23-42(59)63-3)15-18-65-48(51)52/h5-12,19-20,25-26,28,35-36,38,41,43-44,48H,13-18,21-24,27H2,1-4H3,(H,54,55)(H,56,62)/t35-,36+,38+,41-,43-,44-/m0/s1. The molecule has 15 heteroatoms. The lowest BCUT2D eigenvalue weighted by Gasteiger charge is -2.38. The normalized spacial score (nSPS) is 22.7. The van der Waals surface area contributed by atoms with E-state index in [1.807, 2.05) is 24.9 Å². The van der Waals surface area contributed by atoms with Gasteiger partial charge in [0.1, 0.15) is 11.9 Å². The molecule has 5 aliphatic rings. The molecule has 3 amide bonds. The number of H-pyrrole nitrogens is 1. The number of rotatable bonds is 15. The number of fused-ring (bicyclic) bond motifs is 3. The fourth-order valence-corrected chi connectivity index (χ4v) is 10.7. The van der Waals surface area contributed by atoms with Gasteiger partial charge >= 0.3 is 18.7 Å². The van der Waals surface area contributed by atoms with E-state index in [2.05, 4.69) is 75.7 Å². The van der Waals surface area contributed by atoms with Gasteiger partial charge in [0.05, 0.1) is 57.1 Å². The first kappa shape index (κ1) is 44.3. The number of aromatic amines is 1. The van der Waals surface area contributed by atoms with Crippen molar-refractivity contribution in [2.45, 2.75) is 102 Å². The third kappa shape index (κ3) is 9.03. The van der Waals surface area contributed by atoms with Crippen LogP contribution in [0.3, 0.4) is 0 Å². The number of imidazole rings is 1. The van der Waals surface area contributed by atoms with Crippen LogP contribution in [0.5, 0.6) is 0 Å². The molecule has 1 aromatic heterocycles. The monoisotopic (exact) mass is 890 g/mol. The number of alkyl halides is 2. The Morgan fingerprint density at radius 1 is 0.908 bits per heavy atom. The van der Waals surface area contributed by atoms with Gasteiger partial charge < -0.3 is 34.3 Å². The molecule has 1 spiro atoms. The molecule has 4 heterocycles. The number of piperidine rings is 1. The molecule has 13 nitrogen and oxygen atoms in total. The lowest BCUT2D eigenvalue weighted by Crippen LogP contribution is -2.57. The maximum Gasteiger partial charge on any atom is 0.407 e. The Labute approximate surface area is 377 Å². The molecule has 6 atom stereocenters. The molecule has 3 aromatic carbocycles. The van der Waals surface area contributed by atoms with Gasteiger partial charge in [-0.3, -0.25) is 19.4 Å². The van der Waals surface area contributed by atoms with Crippen LogP contribution >= 0.6 is 0 Å². The van der Waals surface area contributed by atoms with Gasteiger partial charge in [0.25, 0.3) is 0 Å². The number of alkyl carbamates (subject to hydrolysis) is 1. The van der Waals surface area contributed by atoms with Crippen LogP contribution < -0.4 is 5.32 Å². The molecule has 2 aliphatic carbocycles. The zero-order valence-corrected chi connectivity index (χ0v) is 37.2. The minimum atomic E-state index is -2.96. The number of benzene rings is 3. The SMILES string of the molecule is COC(=O)C[C@@H](CCOC(F)F)C(=O)N1CC2(CC2)C[C@H]1c1ncc(-c2ccc3cc(-c4ccc(C5=CN=C([C@@H]6[C@H]7CC[C@H](C7)N6C(=O)[C@@H](NC(=O)OC)C(C)C)C5)cc4)ccc3c2)[nH]1. The summed E-state index contributed by atoms with van der Waals surface area (Å²) in [6.07, 6.45) is 9.25. The fraction of sp³-hybridized carbons (Fsp3) is 0.480. The molecule has 2 bridgehead atoms. The fourth-order valence-electron chi connectivity index (χ4n) is 10.7. The molecule has 4 aromatic rings. The number of allylic oxidation sites excluding steroid dienone is 1. The second-order valence-corrected chi connectivity index (χ2v) is 18.8. The van der Waals surface area contributed by atoms with Crippen LogP contribution in [0.4, 0.5) is 13.6 Å². The smallest absolute Gasteiger partial charge is 0.407 e. The third-order valence-electron chi connectivity index (χ3n) is 14.4. The van der Waals surface area contributed by atoms with Crippen molar-refractivity contribution in [3.63, 3.8) is 0 Å².